The van der Waals surface area contributed by atoms with Crippen molar-refractivity contribution in [3.8, 4) is 17.1 Å². The third-order valence-electron chi connectivity index (χ3n) is 3.86. The van der Waals surface area contributed by atoms with Gasteiger partial charge in [0.15, 0.2) is 11.0 Å². The number of amides is 3. The number of urea groups is 1. The predicted molar refractivity (Wildman–Crippen MR) is 93.5 cm³/mol. The van der Waals surface area contributed by atoms with Gasteiger partial charge in [0, 0.05) is 25.2 Å². The third kappa shape index (κ3) is 3.60. The molecule has 9 heteroatoms. The van der Waals surface area contributed by atoms with E-state index in [1.54, 1.807) is 7.11 Å². The molecule has 1 aromatic heterocycles. The molecule has 1 aliphatic heterocycles. The fourth-order valence-corrected chi connectivity index (χ4v) is 3.43. The number of imide groups is 1. The Hall–Kier alpha value is -2.55. The molecule has 3 rings (SSSR count). The Morgan fingerprint density at radius 2 is 2.08 bits per heavy atom. The van der Waals surface area contributed by atoms with Gasteiger partial charge in [-0.05, 0) is 31.2 Å². The topological polar surface area (TPSA) is 89.4 Å². The van der Waals surface area contributed by atoms with Crippen molar-refractivity contribution in [2.75, 3.05) is 26.0 Å². The maximum absolute atomic E-state index is 12.1. The Kier molecular flexibility index (Phi) is 5.22. The summed E-state index contributed by atoms with van der Waals surface area (Å²) in [7, 11) is 1.62. The van der Waals surface area contributed by atoms with Crippen molar-refractivity contribution in [3.63, 3.8) is 0 Å². The number of nitrogens with zero attached hydrogens (tertiary/aromatic N) is 4. The Morgan fingerprint density at radius 1 is 1.32 bits per heavy atom. The van der Waals surface area contributed by atoms with E-state index in [0.717, 1.165) is 17.1 Å². The van der Waals surface area contributed by atoms with E-state index < -0.39 is 0 Å². The largest absolute Gasteiger partial charge is 0.497 e. The van der Waals surface area contributed by atoms with Gasteiger partial charge in [-0.3, -0.25) is 9.69 Å². The summed E-state index contributed by atoms with van der Waals surface area (Å²) in [5, 5.41) is 11.7. The first-order chi connectivity index (χ1) is 12.1. The molecule has 2 aromatic rings. The van der Waals surface area contributed by atoms with Crippen LogP contribution < -0.4 is 10.1 Å². The van der Waals surface area contributed by atoms with E-state index in [1.165, 1.54) is 16.7 Å². The van der Waals surface area contributed by atoms with Crippen LogP contribution in [0.3, 0.4) is 0 Å². The number of carbonyl (C=O) groups excluding carboxylic acids is 2. The number of carbonyl (C=O) groups is 2. The first-order valence-electron chi connectivity index (χ1n) is 7.92. The number of nitrogens with one attached hydrogen (secondary N) is 1. The SMILES string of the molecule is CCn1c(SCC(=O)N2CCNC2=O)nnc1-c1ccc(OC)cc1. The smallest absolute Gasteiger partial charge is 0.324 e. The molecule has 1 saturated heterocycles. The number of thioether (sulfide) groups is 1. The Bertz CT molecular complexity index is 775. The summed E-state index contributed by atoms with van der Waals surface area (Å²) in [6, 6.07) is 7.24. The van der Waals surface area contributed by atoms with Gasteiger partial charge in [0.05, 0.1) is 12.9 Å². The van der Waals surface area contributed by atoms with Crippen LogP contribution in [0.1, 0.15) is 6.92 Å². The van der Waals surface area contributed by atoms with Crippen molar-refractivity contribution in [1.82, 2.24) is 25.0 Å². The lowest BCUT2D eigenvalue weighted by Gasteiger charge is -2.12. The summed E-state index contributed by atoms with van der Waals surface area (Å²) in [6.45, 7) is 3.59. The maximum atomic E-state index is 12.1. The lowest BCUT2D eigenvalue weighted by molar-refractivity contribution is -0.124. The number of methoxy groups -OCH3 is 1. The summed E-state index contributed by atoms with van der Waals surface area (Å²) in [5.41, 5.74) is 0.923. The zero-order valence-electron chi connectivity index (χ0n) is 14.1. The van der Waals surface area contributed by atoms with E-state index in [0.29, 0.717) is 24.8 Å². The molecule has 2 heterocycles. The first kappa shape index (κ1) is 17.3. The fraction of sp³-hybridized carbons (Fsp3) is 0.375. The number of rotatable bonds is 6. The summed E-state index contributed by atoms with van der Waals surface area (Å²) >= 11 is 1.29. The van der Waals surface area contributed by atoms with Gasteiger partial charge in [-0.15, -0.1) is 10.2 Å². The van der Waals surface area contributed by atoms with Crippen molar-refractivity contribution in [2.24, 2.45) is 0 Å². The average molecular weight is 361 g/mol. The van der Waals surface area contributed by atoms with Crippen LogP contribution in [0.2, 0.25) is 0 Å². The number of benzene rings is 1. The second-order valence-corrected chi connectivity index (χ2v) is 6.29. The van der Waals surface area contributed by atoms with Gasteiger partial charge in [-0.25, -0.2) is 4.79 Å². The monoisotopic (exact) mass is 361 g/mol. The third-order valence-corrected chi connectivity index (χ3v) is 4.82. The van der Waals surface area contributed by atoms with Crippen LogP contribution in [-0.2, 0) is 11.3 Å². The van der Waals surface area contributed by atoms with Crippen molar-refractivity contribution in [2.45, 2.75) is 18.6 Å². The second-order valence-electron chi connectivity index (χ2n) is 5.34. The van der Waals surface area contributed by atoms with Crippen molar-refractivity contribution < 1.29 is 14.3 Å². The molecule has 0 saturated carbocycles. The van der Waals surface area contributed by atoms with Gasteiger partial charge < -0.3 is 14.6 Å². The maximum Gasteiger partial charge on any atom is 0.324 e. The van der Waals surface area contributed by atoms with Gasteiger partial charge in [0.1, 0.15) is 5.75 Å². The number of hydrogen-bond donors (Lipinski definition) is 1. The standard InChI is InChI=1S/C16H19N5O3S/c1-3-20-14(11-4-6-12(24-2)7-5-11)18-19-16(20)25-10-13(22)21-9-8-17-15(21)23/h4-7H,3,8-10H2,1-2H3,(H,17,23). The van der Waals surface area contributed by atoms with E-state index in [9.17, 15) is 9.59 Å². The minimum absolute atomic E-state index is 0.147. The lowest BCUT2D eigenvalue weighted by Crippen LogP contribution is -2.35. The molecule has 1 N–H and O–H groups in total. The molecule has 132 valence electrons. The number of hydrogen-bond acceptors (Lipinski definition) is 6. The highest BCUT2D eigenvalue weighted by molar-refractivity contribution is 7.99. The summed E-state index contributed by atoms with van der Waals surface area (Å²) in [6.07, 6.45) is 0. The number of aromatic nitrogens is 3. The number of ether oxygens (including phenoxy) is 1. The van der Waals surface area contributed by atoms with E-state index in [2.05, 4.69) is 15.5 Å². The van der Waals surface area contributed by atoms with E-state index >= 15 is 0 Å². The molecule has 25 heavy (non-hydrogen) atoms. The lowest BCUT2D eigenvalue weighted by atomic mass is 10.2. The molecule has 1 aliphatic rings. The average Bonchev–Trinajstić information content (AvgIpc) is 3.25. The van der Waals surface area contributed by atoms with E-state index in [-0.39, 0.29) is 17.7 Å². The predicted octanol–water partition coefficient (Wildman–Crippen LogP) is 1.62. The molecule has 0 radical (unpaired) electrons. The highest BCUT2D eigenvalue weighted by atomic mass is 32.2. The molecule has 0 bridgehead atoms. The van der Waals surface area contributed by atoms with Crippen LogP contribution in [0, 0.1) is 0 Å². The highest BCUT2D eigenvalue weighted by Gasteiger charge is 2.26. The van der Waals surface area contributed by atoms with Crippen LogP contribution in [0.5, 0.6) is 5.75 Å². The molecule has 0 atom stereocenters. The van der Waals surface area contributed by atoms with Crippen LogP contribution in [-0.4, -0.2) is 57.6 Å². The molecule has 3 amide bonds. The molecule has 0 unspecified atom stereocenters. The van der Waals surface area contributed by atoms with Gasteiger partial charge in [-0.2, -0.15) is 0 Å². The molecule has 0 aliphatic carbocycles. The molecular formula is C16H19N5O3S. The van der Waals surface area contributed by atoms with Gasteiger partial charge >= 0.3 is 6.03 Å². The quantitative estimate of drug-likeness (QED) is 0.787. The van der Waals surface area contributed by atoms with Crippen LogP contribution >= 0.6 is 11.8 Å². The first-order valence-corrected chi connectivity index (χ1v) is 8.91. The van der Waals surface area contributed by atoms with Gasteiger partial charge in [-0.1, -0.05) is 11.8 Å². The highest BCUT2D eigenvalue weighted by Crippen LogP contribution is 2.25. The Balaban J connectivity index is 1.73. The summed E-state index contributed by atoms with van der Waals surface area (Å²) in [5.74, 6) is 1.43. The minimum atomic E-state index is -0.332. The second kappa shape index (κ2) is 7.56. The van der Waals surface area contributed by atoms with Crippen molar-refractivity contribution >= 4 is 23.7 Å². The Labute approximate surface area is 149 Å². The Morgan fingerprint density at radius 3 is 2.68 bits per heavy atom. The zero-order valence-corrected chi connectivity index (χ0v) is 14.9. The molecule has 1 aromatic carbocycles. The van der Waals surface area contributed by atoms with Crippen molar-refractivity contribution in [3.05, 3.63) is 24.3 Å². The van der Waals surface area contributed by atoms with Crippen molar-refractivity contribution in [1.29, 1.82) is 0 Å². The van der Waals surface area contributed by atoms with E-state index in [1.807, 2.05) is 35.8 Å². The fourth-order valence-electron chi connectivity index (χ4n) is 2.55. The zero-order chi connectivity index (χ0) is 17.8. The van der Waals surface area contributed by atoms with E-state index in [4.69, 9.17) is 4.74 Å². The normalized spacial score (nSPS) is 13.8. The molecule has 1 fully saturated rings. The van der Waals surface area contributed by atoms with Crippen LogP contribution in [0.25, 0.3) is 11.4 Å². The summed E-state index contributed by atoms with van der Waals surface area (Å²) in [4.78, 5) is 24.9. The van der Waals surface area contributed by atoms with Crippen LogP contribution in [0.15, 0.2) is 29.4 Å². The molecular weight excluding hydrogens is 342 g/mol. The van der Waals surface area contributed by atoms with Gasteiger partial charge in [0.2, 0.25) is 5.91 Å². The minimum Gasteiger partial charge on any atom is -0.497 e. The summed E-state index contributed by atoms with van der Waals surface area (Å²) < 4.78 is 7.12. The molecule has 0 spiro atoms. The van der Waals surface area contributed by atoms with Gasteiger partial charge in [0.25, 0.3) is 0 Å². The molecule has 8 nitrogen and oxygen atoms in total. The van der Waals surface area contributed by atoms with Crippen LogP contribution in [0.4, 0.5) is 4.79 Å².